The lowest BCUT2D eigenvalue weighted by Gasteiger charge is -2.01. The Balaban J connectivity index is 2.13. The molecular formula is C11H10N2O3S2. The first-order chi connectivity index (χ1) is 8.61. The van der Waals surface area contributed by atoms with Crippen molar-refractivity contribution in [1.29, 1.82) is 0 Å². The highest BCUT2D eigenvalue weighted by Gasteiger charge is 2.16. The van der Waals surface area contributed by atoms with Crippen LogP contribution in [0.1, 0.15) is 27.1 Å². The second kappa shape index (κ2) is 5.28. The predicted molar refractivity (Wildman–Crippen MR) is 70.9 cm³/mol. The van der Waals surface area contributed by atoms with Crippen molar-refractivity contribution < 1.29 is 14.3 Å². The van der Waals surface area contributed by atoms with Crippen LogP contribution in [0.3, 0.4) is 0 Å². The van der Waals surface area contributed by atoms with E-state index in [9.17, 15) is 9.59 Å². The second-order valence-electron chi connectivity index (χ2n) is 3.37. The van der Waals surface area contributed by atoms with Crippen molar-refractivity contribution in [2.45, 2.75) is 6.92 Å². The van der Waals surface area contributed by atoms with Gasteiger partial charge in [0.25, 0.3) is 5.91 Å². The van der Waals surface area contributed by atoms with Crippen molar-refractivity contribution in [3.8, 4) is 5.75 Å². The number of carbonyl (C=O) groups is 2. The third-order valence-corrected chi connectivity index (χ3v) is 3.79. The number of ether oxygens (including phenoxy) is 1. The van der Waals surface area contributed by atoms with Gasteiger partial charge in [-0.3, -0.25) is 14.9 Å². The summed E-state index contributed by atoms with van der Waals surface area (Å²) in [6, 6.07) is 1.72. The third-order valence-electron chi connectivity index (χ3n) is 2.14. The van der Waals surface area contributed by atoms with Crippen LogP contribution in [0, 0.1) is 0 Å². The minimum atomic E-state index is -0.286. The molecule has 0 fully saturated rings. The third kappa shape index (κ3) is 2.57. The number of thiazole rings is 1. The fourth-order valence-corrected chi connectivity index (χ4v) is 2.77. The summed E-state index contributed by atoms with van der Waals surface area (Å²) in [5, 5.41) is 6.43. The summed E-state index contributed by atoms with van der Waals surface area (Å²) in [5.74, 6) is 0.118. The Hall–Kier alpha value is -1.73. The number of methoxy groups -OCH3 is 1. The molecule has 2 aromatic rings. The van der Waals surface area contributed by atoms with Crippen molar-refractivity contribution in [3.05, 3.63) is 27.4 Å². The molecule has 1 N–H and O–H groups in total. The molecule has 0 bridgehead atoms. The van der Waals surface area contributed by atoms with Gasteiger partial charge in [0, 0.05) is 12.3 Å². The highest BCUT2D eigenvalue weighted by atomic mass is 32.1. The zero-order valence-corrected chi connectivity index (χ0v) is 11.4. The van der Waals surface area contributed by atoms with Crippen LogP contribution in [-0.2, 0) is 0 Å². The Labute approximate surface area is 111 Å². The molecule has 94 valence electrons. The van der Waals surface area contributed by atoms with Crippen LogP contribution in [0.5, 0.6) is 5.75 Å². The molecule has 5 nitrogen and oxygen atoms in total. The van der Waals surface area contributed by atoms with Gasteiger partial charge in [-0.2, -0.15) is 0 Å². The fraction of sp³-hybridized carbons (Fsp3) is 0.182. The largest absolute Gasteiger partial charge is 0.495 e. The molecule has 0 saturated heterocycles. The quantitative estimate of drug-likeness (QED) is 0.875. The first-order valence-electron chi connectivity index (χ1n) is 5.01. The number of amides is 1. The predicted octanol–water partition coefficient (Wildman–Crippen LogP) is 2.67. The summed E-state index contributed by atoms with van der Waals surface area (Å²) in [6.07, 6.45) is 0. The molecule has 0 spiro atoms. The number of carbonyl (C=O) groups excluding carboxylic acids is 2. The molecule has 1 amide bonds. The number of nitrogens with one attached hydrogen (secondary N) is 1. The molecule has 0 aliphatic heterocycles. The van der Waals surface area contributed by atoms with Crippen molar-refractivity contribution in [2.75, 3.05) is 12.4 Å². The lowest BCUT2D eigenvalue weighted by molar-refractivity contribution is 0.100. The molecule has 18 heavy (non-hydrogen) atoms. The molecule has 0 radical (unpaired) electrons. The minimum Gasteiger partial charge on any atom is -0.495 e. The van der Waals surface area contributed by atoms with E-state index in [1.54, 1.807) is 16.8 Å². The molecule has 0 aliphatic carbocycles. The Morgan fingerprint density at radius 2 is 2.17 bits per heavy atom. The minimum absolute atomic E-state index is 0.125. The number of hydrogen-bond donors (Lipinski definition) is 1. The van der Waals surface area contributed by atoms with E-state index in [2.05, 4.69) is 10.3 Å². The van der Waals surface area contributed by atoms with E-state index >= 15 is 0 Å². The maximum atomic E-state index is 11.9. The number of rotatable bonds is 4. The average Bonchev–Trinajstić information content (AvgIpc) is 2.96. The van der Waals surface area contributed by atoms with Crippen molar-refractivity contribution in [1.82, 2.24) is 4.98 Å². The highest BCUT2D eigenvalue weighted by molar-refractivity contribution is 7.14. The van der Waals surface area contributed by atoms with Gasteiger partial charge in [0.2, 0.25) is 0 Å². The van der Waals surface area contributed by atoms with E-state index in [1.807, 2.05) is 0 Å². The number of Topliss-reactive ketones (excluding diaryl/α,β-unsaturated/α-hetero) is 1. The number of nitrogens with zero attached hydrogens (tertiary/aromatic N) is 1. The van der Waals surface area contributed by atoms with E-state index in [4.69, 9.17) is 4.74 Å². The Bertz CT molecular complexity index is 589. The van der Waals surface area contributed by atoms with Crippen LogP contribution in [0.2, 0.25) is 0 Å². The summed E-state index contributed by atoms with van der Waals surface area (Å²) < 4.78 is 5.07. The monoisotopic (exact) mass is 282 g/mol. The zero-order chi connectivity index (χ0) is 13.1. The highest BCUT2D eigenvalue weighted by Crippen LogP contribution is 2.26. The van der Waals surface area contributed by atoms with Gasteiger partial charge in [-0.05, 0) is 11.4 Å². The van der Waals surface area contributed by atoms with Crippen LogP contribution in [0.15, 0.2) is 16.8 Å². The molecule has 0 atom stereocenters. The molecule has 0 saturated carbocycles. The zero-order valence-electron chi connectivity index (χ0n) is 9.72. The molecular weight excluding hydrogens is 272 g/mol. The van der Waals surface area contributed by atoms with Gasteiger partial charge in [-0.25, -0.2) is 4.98 Å². The second-order valence-corrected chi connectivity index (χ2v) is 5.14. The van der Waals surface area contributed by atoms with E-state index in [1.165, 1.54) is 36.7 Å². The lowest BCUT2D eigenvalue weighted by Crippen LogP contribution is -2.11. The summed E-state index contributed by atoms with van der Waals surface area (Å²) in [5.41, 5.74) is 0.355. The standard InChI is InChI=1S/C11H10N2O3S2/c1-6(14)7-5-18-11(12-7)13-10(15)9-8(16-2)3-4-17-9/h3-5H,1-2H3,(H,12,13,15). The Kier molecular flexibility index (Phi) is 3.73. The van der Waals surface area contributed by atoms with Crippen LogP contribution >= 0.6 is 22.7 Å². The molecule has 0 aromatic carbocycles. The smallest absolute Gasteiger partial charge is 0.271 e. The first kappa shape index (κ1) is 12.7. The molecule has 2 rings (SSSR count). The Morgan fingerprint density at radius 3 is 2.78 bits per heavy atom. The molecule has 0 unspecified atom stereocenters. The van der Waals surface area contributed by atoms with Crippen LogP contribution in [-0.4, -0.2) is 23.8 Å². The fourth-order valence-electron chi connectivity index (χ4n) is 1.27. The number of thiophene rings is 1. The average molecular weight is 282 g/mol. The van der Waals surface area contributed by atoms with Crippen molar-refractivity contribution in [2.24, 2.45) is 0 Å². The van der Waals surface area contributed by atoms with Gasteiger partial charge in [0.05, 0.1) is 7.11 Å². The summed E-state index contributed by atoms with van der Waals surface area (Å²) >= 11 is 2.50. The van der Waals surface area contributed by atoms with E-state index < -0.39 is 0 Å². The SMILES string of the molecule is COc1ccsc1C(=O)Nc1nc(C(C)=O)cs1. The van der Waals surface area contributed by atoms with E-state index in [-0.39, 0.29) is 11.7 Å². The summed E-state index contributed by atoms with van der Waals surface area (Å²) in [7, 11) is 1.51. The van der Waals surface area contributed by atoms with Gasteiger partial charge >= 0.3 is 0 Å². The lowest BCUT2D eigenvalue weighted by atomic mass is 10.4. The molecule has 7 heteroatoms. The Morgan fingerprint density at radius 1 is 1.39 bits per heavy atom. The van der Waals surface area contributed by atoms with Crippen LogP contribution in [0.4, 0.5) is 5.13 Å². The maximum absolute atomic E-state index is 11.9. The number of aromatic nitrogens is 1. The van der Waals surface area contributed by atoms with Gasteiger partial charge in [-0.15, -0.1) is 22.7 Å². The normalized spacial score (nSPS) is 10.1. The maximum Gasteiger partial charge on any atom is 0.271 e. The summed E-state index contributed by atoms with van der Waals surface area (Å²) in [6.45, 7) is 1.43. The van der Waals surface area contributed by atoms with Gasteiger partial charge in [-0.1, -0.05) is 0 Å². The van der Waals surface area contributed by atoms with Crippen molar-refractivity contribution >= 4 is 39.5 Å². The van der Waals surface area contributed by atoms with E-state index in [0.717, 1.165) is 0 Å². The first-order valence-corrected chi connectivity index (χ1v) is 6.77. The van der Waals surface area contributed by atoms with Gasteiger partial charge in [0.15, 0.2) is 10.9 Å². The van der Waals surface area contributed by atoms with Crippen LogP contribution < -0.4 is 10.1 Å². The number of hydrogen-bond acceptors (Lipinski definition) is 6. The topological polar surface area (TPSA) is 68.3 Å². The van der Waals surface area contributed by atoms with Crippen molar-refractivity contribution in [3.63, 3.8) is 0 Å². The molecule has 2 heterocycles. The molecule has 2 aromatic heterocycles. The number of ketones is 1. The molecule has 0 aliphatic rings. The van der Waals surface area contributed by atoms with Gasteiger partial charge < -0.3 is 4.74 Å². The van der Waals surface area contributed by atoms with E-state index in [0.29, 0.717) is 21.5 Å². The van der Waals surface area contributed by atoms with Gasteiger partial charge in [0.1, 0.15) is 16.3 Å². The number of anilines is 1. The van der Waals surface area contributed by atoms with Crippen LogP contribution in [0.25, 0.3) is 0 Å². The summed E-state index contributed by atoms with van der Waals surface area (Å²) in [4.78, 5) is 27.5.